The fourth-order valence-corrected chi connectivity index (χ4v) is 2.81. The summed E-state index contributed by atoms with van der Waals surface area (Å²) in [5.41, 5.74) is 0. The molecule has 2 unspecified atom stereocenters. The summed E-state index contributed by atoms with van der Waals surface area (Å²) in [5, 5.41) is 12.4. The van der Waals surface area contributed by atoms with E-state index in [2.05, 4.69) is 5.32 Å². The first kappa shape index (κ1) is 12.9. The summed E-state index contributed by atoms with van der Waals surface area (Å²) in [6.07, 6.45) is 5.27. The van der Waals surface area contributed by atoms with Gasteiger partial charge < -0.3 is 10.4 Å². The van der Waals surface area contributed by atoms with Crippen LogP contribution in [0.1, 0.15) is 25.7 Å². The third kappa shape index (κ3) is 4.95. The van der Waals surface area contributed by atoms with Crippen LogP contribution in [0.15, 0.2) is 0 Å². The van der Waals surface area contributed by atoms with Gasteiger partial charge in [-0.3, -0.25) is 0 Å². The molecule has 90 valence electrons. The van der Waals surface area contributed by atoms with Gasteiger partial charge in [0.1, 0.15) is 9.84 Å². The van der Waals surface area contributed by atoms with Crippen molar-refractivity contribution >= 4 is 9.84 Å². The Hall–Kier alpha value is -0.130. The van der Waals surface area contributed by atoms with Crippen molar-refractivity contribution in [3.8, 4) is 0 Å². The summed E-state index contributed by atoms with van der Waals surface area (Å²) < 4.78 is 21.8. The first-order valence-electron chi connectivity index (χ1n) is 5.55. The largest absolute Gasteiger partial charge is 0.396 e. The zero-order valence-electron chi connectivity index (χ0n) is 9.28. The molecule has 1 aliphatic rings. The van der Waals surface area contributed by atoms with Gasteiger partial charge in [-0.25, -0.2) is 8.42 Å². The maximum atomic E-state index is 10.9. The molecule has 0 spiro atoms. The zero-order valence-corrected chi connectivity index (χ0v) is 10.1. The van der Waals surface area contributed by atoms with Crippen LogP contribution in [0, 0.1) is 5.92 Å². The van der Waals surface area contributed by atoms with Crippen molar-refractivity contribution in [1.82, 2.24) is 5.32 Å². The van der Waals surface area contributed by atoms with Crippen molar-refractivity contribution in [2.24, 2.45) is 5.92 Å². The second-order valence-electron chi connectivity index (χ2n) is 4.42. The van der Waals surface area contributed by atoms with Crippen molar-refractivity contribution in [2.75, 3.05) is 25.2 Å². The number of sulfone groups is 1. The quantitative estimate of drug-likeness (QED) is 0.644. The molecule has 2 N–H and O–H groups in total. The molecule has 0 bridgehead atoms. The summed E-state index contributed by atoms with van der Waals surface area (Å²) in [7, 11) is -2.83. The van der Waals surface area contributed by atoms with Crippen LogP contribution < -0.4 is 5.32 Å². The van der Waals surface area contributed by atoms with Gasteiger partial charge in [-0.1, -0.05) is 6.42 Å². The molecule has 0 aromatic heterocycles. The molecular formula is C10H21NO3S. The van der Waals surface area contributed by atoms with E-state index in [0.717, 1.165) is 25.8 Å². The van der Waals surface area contributed by atoms with Crippen molar-refractivity contribution < 1.29 is 13.5 Å². The van der Waals surface area contributed by atoms with E-state index in [1.807, 2.05) is 0 Å². The molecular weight excluding hydrogens is 214 g/mol. The van der Waals surface area contributed by atoms with Crippen LogP contribution in [0.4, 0.5) is 0 Å². The molecule has 0 aromatic rings. The lowest BCUT2D eigenvalue weighted by molar-refractivity contribution is 0.206. The Morgan fingerprint density at radius 2 is 2.13 bits per heavy atom. The lowest BCUT2D eigenvalue weighted by atomic mass is 10.1. The number of rotatable bonds is 6. The van der Waals surface area contributed by atoms with Crippen LogP contribution in [0.25, 0.3) is 0 Å². The minimum atomic E-state index is -2.83. The van der Waals surface area contributed by atoms with Crippen LogP contribution in [0.5, 0.6) is 0 Å². The number of aliphatic hydroxyl groups excluding tert-OH is 1. The molecule has 5 heteroatoms. The van der Waals surface area contributed by atoms with E-state index in [9.17, 15) is 8.42 Å². The molecule has 15 heavy (non-hydrogen) atoms. The fraction of sp³-hybridized carbons (Fsp3) is 1.00. The Morgan fingerprint density at radius 1 is 1.40 bits per heavy atom. The maximum Gasteiger partial charge on any atom is 0.147 e. The van der Waals surface area contributed by atoms with Gasteiger partial charge in [0.15, 0.2) is 0 Å². The van der Waals surface area contributed by atoms with Gasteiger partial charge in [0.25, 0.3) is 0 Å². The third-order valence-corrected chi connectivity index (χ3v) is 4.02. The third-order valence-electron chi connectivity index (χ3n) is 2.99. The molecule has 4 nitrogen and oxygen atoms in total. The average molecular weight is 235 g/mol. The normalized spacial score (nSPS) is 27.1. The predicted molar refractivity (Wildman–Crippen MR) is 60.5 cm³/mol. The maximum absolute atomic E-state index is 10.9. The number of aliphatic hydroxyl groups is 1. The molecule has 1 aliphatic carbocycles. The SMILES string of the molecule is CS(=O)(=O)CCCNC1CCCC1CO. The van der Waals surface area contributed by atoms with Gasteiger partial charge in [0, 0.05) is 18.9 Å². The Labute approximate surface area is 92.0 Å². The predicted octanol–water partition coefficient (Wildman–Crippen LogP) is 0.172. The molecule has 0 aliphatic heterocycles. The Kier molecular flexibility index (Phi) is 5.02. The Balaban J connectivity index is 2.15. The van der Waals surface area contributed by atoms with Gasteiger partial charge in [-0.2, -0.15) is 0 Å². The minimum Gasteiger partial charge on any atom is -0.396 e. The minimum absolute atomic E-state index is 0.240. The molecule has 2 atom stereocenters. The first-order chi connectivity index (χ1) is 7.03. The topological polar surface area (TPSA) is 66.4 Å². The molecule has 0 amide bonds. The number of hydrogen-bond acceptors (Lipinski definition) is 4. The fourth-order valence-electron chi connectivity index (χ4n) is 2.15. The first-order valence-corrected chi connectivity index (χ1v) is 7.61. The molecule has 0 saturated heterocycles. The lowest BCUT2D eigenvalue weighted by Gasteiger charge is -2.18. The van der Waals surface area contributed by atoms with Crippen LogP contribution in [-0.2, 0) is 9.84 Å². The van der Waals surface area contributed by atoms with E-state index in [0.29, 0.717) is 18.4 Å². The van der Waals surface area contributed by atoms with Crippen molar-refractivity contribution in [3.63, 3.8) is 0 Å². The number of hydrogen-bond donors (Lipinski definition) is 2. The molecule has 1 saturated carbocycles. The molecule has 0 radical (unpaired) electrons. The molecule has 0 heterocycles. The molecule has 1 fully saturated rings. The van der Waals surface area contributed by atoms with Crippen molar-refractivity contribution in [3.05, 3.63) is 0 Å². The standard InChI is InChI=1S/C10H21NO3S/c1-15(13,14)7-3-6-11-10-5-2-4-9(10)8-12/h9-12H,2-8H2,1H3. The van der Waals surface area contributed by atoms with E-state index in [4.69, 9.17) is 5.11 Å². The van der Waals surface area contributed by atoms with E-state index in [1.165, 1.54) is 6.26 Å². The van der Waals surface area contributed by atoms with Crippen molar-refractivity contribution in [1.29, 1.82) is 0 Å². The van der Waals surface area contributed by atoms with Crippen LogP contribution in [0.3, 0.4) is 0 Å². The van der Waals surface area contributed by atoms with E-state index < -0.39 is 9.84 Å². The second-order valence-corrected chi connectivity index (χ2v) is 6.68. The monoisotopic (exact) mass is 235 g/mol. The Bertz CT molecular complexity index is 276. The highest BCUT2D eigenvalue weighted by Gasteiger charge is 2.25. The van der Waals surface area contributed by atoms with Gasteiger partial charge in [0.05, 0.1) is 5.75 Å². The number of nitrogens with one attached hydrogen (secondary N) is 1. The van der Waals surface area contributed by atoms with Gasteiger partial charge in [-0.15, -0.1) is 0 Å². The van der Waals surface area contributed by atoms with Gasteiger partial charge in [-0.05, 0) is 31.7 Å². The summed E-state index contributed by atoms with van der Waals surface area (Å²) in [4.78, 5) is 0. The van der Waals surface area contributed by atoms with Crippen LogP contribution in [0.2, 0.25) is 0 Å². The highest BCUT2D eigenvalue weighted by Crippen LogP contribution is 2.24. The zero-order chi connectivity index (χ0) is 11.3. The second kappa shape index (κ2) is 5.82. The van der Waals surface area contributed by atoms with E-state index >= 15 is 0 Å². The summed E-state index contributed by atoms with van der Waals surface area (Å²) >= 11 is 0. The summed E-state index contributed by atoms with van der Waals surface area (Å²) in [6, 6.07) is 0.384. The Morgan fingerprint density at radius 3 is 2.73 bits per heavy atom. The summed E-state index contributed by atoms with van der Waals surface area (Å²) in [6.45, 7) is 0.970. The lowest BCUT2D eigenvalue weighted by Crippen LogP contribution is -2.35. The molecule has 1 rings (SSSR count). The van der Waals surface area contributed by atoms with Crippen LogP contribution in [-0.4, -0.2) is 44.7 Å². The van der Waals surface area contributed by atoms with Gasteiger partial charge in [0.2, 0.25) is 0 Å². The van der Waals surface area contributed by atoms with Gasteiger partial charge >= 0.3 is 0 Å². The molecule has 0 aromatic carbocycles. The van der Waals surface area contributed by atoms with E-state index in [-0.39, 0.29) is 12.4 Å². The highest BCUT2D eigenvalue weighted by atomic mass is 32.2. The van der Waals surface area contributed by atoms with E-state index in [1.54, 1.807) is 0 Å². The smallest absolute Gasteiger partial charge is 0.147 e. The van der Waals surface area contributed by atoms with Crippen molar-refractivity contribution in [2.45, 2.75) is 31.7 Å². The summed E-state index contributed by atoms with van der Waals surface area (Å²) in [5.74, 6) is 0.611. The average Bonchev–Trinajstić information content (AvgIpc) is 2.58. The van der Waals surface area contributed by atoms with Crippen LogP contribution >= 0.6 is 0 Å². The highest BCUT2D eigenvalue weighted by molar-refractivity contribution is 7.90.